The van der Waals surface area contributed by atoms with E-state index in [0.717, 1.165) is 0 Å². The van der Waals surface area contributed by atoms with Crippen molar-refractivity contribution in [3.05, 3.63) is 28.8 Å². The Labute approximate surface area is 106 Å². The molecule has 98 valence electrons. The van der Waals surface area contributed by atoms with E-state index in [1.165, 1.54) is 12.1 Å². The van der Waals surface area contributed by atoms with Crippen molar-refractivity contribution >= 4 is 17.6 Å². The number of ether oxygens (including phenoxy) is 1. The minimum Gasteiger partial charge on any atom is -0.478 e. The van der Waals surface area contributed by atoms with Crippen LogP contribution < -0.4 is 5.73 Å². The van der Waals surface area contributed by atoms with Gasteiger partial charge in [0.1, 0.15) is 5.60 Å². The highest BCUT2D eigenvalue weighted by Gasteiger charge is 2.25. The lowest BCUT2D eigenvalue weighted by Gasteiger charge is -2.21. The maximum atomic E-state index is 12.0. The molecule has 0 saturated heterocycles. The molecular weight excluding hydrogens is 234 g/mol. The first-order valence-corrected chi connectivity index (χ1v) is 5.49. The number of rotatable bonds is 2. The van der Waals surface area contributed by atoms with Gasteiger partial charge in [-0.3, -0.25) is 0 Å². The number of nitrogens with two attached hydrogens (primary N) is 1. The quantitative estimate of drug-likeness (QED) is 0.621. The van der Waals surface area contributed by atoms with E-state index >= 15 is 0 Å². The second-order valence-corrected chi connectivity index (χ2v) is 5.01. The number of carboxylic acid groups (broad SMARTS) is 1. The van der Waals surface area contributed by atoms with E-state index in [0.29, 0.717) is 11.3 Å². The van der Waals surface area contributed by atoms with Gasteiger partial charge in [-0.15, -0.1) is 0 Å². The largest absolute Gasteiger partial charge is 0.478 e. The highest BCUT2D eigenvalue weighted by atomic mass is 16.6. The smallest absolute Gasteiger partial charge is 0.339 e. The van der Waals surface area contributed by atoms with Crippen LogP contribution in [0.5, 0.6) is 0 Å². The van der Waals surface area contributed by atoms with Crippen LogP contribution >= 0.6 is 0 Å². The maximum absolute atomic E-state index is 12.0. The molecule has 0 spiro atoms. The van der Waals surface area contributed by atoms with Crippen LogP contribution in [0, 0.1) is 6.92 Å². The van der Waals surface area contributed by atoms with Gasteiger partial charge in [-0.2, -0.15) is 0 Å². The van der Waals surface area contributed by atoms with Crippen LogP contribution in [-0.2, 0) is 4.74 Å². The molecule has 3 N–H and O–H groups in total. The van der Waals surface area contributed by atoms with E-state index in [4.69, 9.17) is 15.6 Å². The fourth-order valence-electron chi connectivity index (χ4n) is 1.50. The zero-order valence-corrected chi connectivity index (χ0v) is 10.9. The number of carbonyl (C=O) groups excluding carboxylic acids is 1. The summed E-state index contributed by atoms with van der Waals surface area (Å²) in [6.45, 7) is 6.74. The van der Waals surface area contributed by atoms with Gasteiger partial charge in [-0.05, 0) is 45.4 Å². The Morgan fingerprint density at radius 3 is 2.28 bits per heavy atom. The summed E-state index contributed by atoms with van der Waals surface area (Å²) in [6, 6.07) is 2.77. The molecule has 1 aromatic rings. The van der Waals surface area contributed by atoms with Crippen molar-refractivity contribution in [2.75, 3.05) is 5.73 Å². The van der Waals surface area contributed by atoms with Gasteiger partial charge in [0.2, 0.25) is 0 Å². The third kappa shape index (κ3) is 3.00. The van der Waals surface area contributed by atoms with Crippen LogP contribution in [0.3, 0.4) is 0 Å². The number of nitrogen functional groups attached to an aromatic ring is 1. The number of carbonyl (C=O) groups is 2. The second kappa shape index (κ2) is 4.68. The standard InChI is InChI=1S/C13H17NO4/c1-7-9(14)6-5-8(11(15)16)10(7)12(17)18-13(2,3)4/h5-6H,14H2,1-4H3,(H,15,16). The Balaban J connectivity index is 3.33. The molecule has 0 saturated carbocycles. The summed E-state index contributed by atoms with van der Waals surface area (Å²) in [5.41, 5.74) is 5.69. The molecule has 5 nitrogen and oxygen atoms in total. The molecule has 0 fully saturated rings. The van der Waals surface area contributed by atoms with Crippen molar-refractivity contribution in [2.24, 2.45) is 0 Å². The molecule has 0 heterocycles. The number of hydrogen-bond donors (Lipinski definition) is 2. The average molecular weight is 251 g/mol. The zero-order valence-electron chi connectivity index (χ0n) is 10.9. The number of esters is 1. The molecule has 18 heavy (non-hydrogen) atoms. The summed E-state index contributed by atoms with van der Waals surface area (Å²) in [7, 11) is 0. The van der Waals surface area contributed by atoms with E-state index in [2.05, 4.69) is 0 Å². The Bertz CT molecular complexity index is 500. The van der Waals surface area contributed by atoms with Crippen molar-refractivity contribution in [3.63, 3.8) is 0 Å². The fraction of sp³-hybridized carbons (Fsp3) is 0.385. The van der Waals surface area contributed by atoms with E-state index < -0.39 is 17.5 Å². The minimum absolute atomic E-state index is 0.0115. The highest BCUT2D eigenvalue weighted by molar-refractivity contribution is 6.04. The molecular formula is C13H17NO4. The lowest BCUT2D eigenvalue weighted by Crippen LogP contribution is -2.26. The van der Waals surface area contributed by atoms with Crippen LogP contribution in [0.4, 0.5) is 5.69 Å². The summed E-state index contributed by atoms with van der Waals surface area (Å²) in [5, 5.41) is 9.08. The summed E-state index contributed by atoms with van der Waals surface area (Å²) in [6.07, 6.45) is 0. The molecule has 0 aliphatic rings. The van der Waals surface area contributed by atoms with Gasteiger partial charge in [0.25, 0.3) is 0 Å². The molecule has 0 unspecified atom stereocenters. The summed E-state index contributed by atoms with van der Waals surface area (Å²) in [5.74, 6) is -1.86. The molecule has 1 aromatic carbocycles. The third-order valence-corrected chi connectivity index (χ3v) is 2.34. The molecule has 0 aromatic heterocycles. The molecule has 0 aliphatic heterocycles. The van der Waals surface area contributed by atoms with E-state index in [-0.39, 0.29) is 11.1 Å². The second-order valence-electron chi connectivity index (χ2n) is 5.01. The van der Waals surface area contributed by atoms with Gasteiger partial charge < -0.3 is 15.6 Å². The van der Waals surface area contributed by atoms with Gasteiger partial charge in [-0.25, -0.2) is 9.59 Å². The summed E-state index contributed by atoms with van der Waals surface area (Å²) < 4.78 is 5.19. The van der Waals surface area contributed by atoms with Crippen LogP contribution in [0.2, 0.25) is 0 Å². The highest BCUT2D eigenvalue weighted by Crippen LogP contribution is 2.23. The van der Waals surface area contributed by atoms with Crippen LogP contribution in [0.1, 0.15) is 47.1 Å². The Kier molecular flexibility index (Phi) is 3.65. The van der Waals surface area contributed by atoms with Gasteiger partial charge in [0, 0.05) is 5.69 Å². The maximum Gasteiger partial charge on any atom is 0.339 e. The number of aromatic carboxylic acids is 1. The summed E-state index contributed by atoms with van der Waals surface area (Å²) in [4.78, 5) is 23.1. The van der Waals surface area contributed by atoms with Crippen molar-refractivity contribution in [3.8, 4) is 0 Å². The number of benzene rings is 1. The topological polar surface area (TPSA) is 89.6 Å². The molecule has 0 bridgehead atoms. The van der Waals surface area contributed by atoms with E-state index in [9.17, 15) is 9.59 Å². The fourth-order valence-corrected chi connectivity index (χ4v) is 1.50. The molecule has 0 radical (unpaired) electrons. The van der Waals surface area contributed by atoms with Crippen molar-refractivity contribution in [1.29, 1.82) is 0 Å². The normalized spacial score (nSPS) is 11.1. The third-order valence-electron chi connectivity index (χ3n) is 2.34. The van der Waals surface area contributed by atoms with Crippen LogP contribution in [0.15, 0.2) is 12.1 Å². The van der Waals surface area contributed by atoms with Gasteiger partial charge >= 0.3 is 11.9 Å². The Morgan fingerprint density at radius 2 is 1.83 bits per heavy atom. The van der Waals surface area contributed by atoms with Gasteiger partial charge in [-0.1, -0.05) is 0 Å². The van der Waals surface area contributed by atoms with Crippen molar-refractivity contribution in [1.82, 2.24) is 0 Å². The van der Waals surface area contributed by atoms with Crippen molar-refractivity contribution < 1.29 is 19.4 Å². The first-order valence-electron chi connectivity index (χ1n) is 5.49. The average Bonchev–Trinajstić information content (AvgIpc) is 2.18. The first-order chi connectivity index (χ1) is 8.13. The zero-order chi connectivity index (χ0) is 14.1. The Hall–Kier alpha value is -2.04. The Morgan fingerprint density at radius 1 is 1.28 bits per heavy atom. The van der Waals surface area contributed by atoms with Crippen LogP contribution in [0.25, 0.3) is 0 Å². The SMILES string of the molecule is Cc1c(N)ccc(C(=O)O)c1C(=O)OC(C)(C)C. The molecule has 5 heteroatoms. The van der Waals surface area contributed by atoms with E-state index in [1.807, 2.05) is 0 Å². The minimum atomic E-state index is -1.18. The lowest BCUT2D eigenvalue weighted by molar-refractivity contribution is 0.00651. The molecule has 0 aliphatic carbocycles. The number of anilines is 1. The summed E-state index contributed by atoms with van der Waals surface area (Å²) >= 11 is 0. The van der Waals surface area contributed by atoms with E-state index in [1.54, 1.807) is 27.7 Å². The lowest BCUT2D eigenvalue weighted by atomic mass is 10.00. The van der Waals surface area contributed by atoms with Gasteiger partial charge in [0.15, 0.2) is 0 Å². The number of hydrogen-bond acceptors (Lipinski definition) is 4. The van der Waals surface area contributed by atoms with Crippen LogP contribution in [-0.4, -0.2) is 22.6 Å². The predicted molar refractivity (Wildman–Crippen MR) is 67.7 cm³/mol. The number of carboxylic acids is 1. The molecule has 1 rings (SSSR count). The first kappa shape index (κ1) is 14.0. The predicted octanol–water partition coefficient (Wildman–Crippen LogP) is 2.23. The monoisotopic (exact) mass is 251 g/mol. The molecule has 0 amide bonds. The molecule has 0 atom stereocenters. The van der Waals surface area contributed by atoms with Gasteiger partial charge in [0.05, 0.1) is 11.1 Å². The van der Waals surface area contributed by atoms with Crippen molar-refractivity contribution in [2.45, 2.75) is 33.3 Å².